The van der Waals surface area contributed by atoms with Crippen molar-refractivity contribution in [2.24, 2.45) is 5.92 Å². The molecule has 1 aromatic rings. The molecule has 2 N–H and O–H groups in total. The first-order valence-corrected chi connectivity index (χ1v) is 7.97. The van der Waals surface area contributed by atoms with Crippen LogP contribution in [0, 0.1) is 24.7 Å². The second-order valence-corrected chi connectivity index (χ2v) is 6.90. The van der Waals surface area contributed by atoms with Crippen molar-refractivity contribution in [3.8, 4) is 11.8 Å². The predicted molar refractivity (Wildman–Crippen MR) is 90.8 cm³/mol. The molecule has 0 spiro atoms. The van der Waals surface area contributed by atoms with Crippen LogP contribution in [0.5, 0.6) is 0 Å². The van der Waals surface area contributed by atoms with Crippen molar-refractivity contribution in [2.45, 2.75) is 46.1 Å². The molecule has 0 aromatic carbocycles. The van der Waals surface area contributed by atoms with Gasteiger partial charge in [-0.25, -0.2) is 4.79 Å². The van der Waals surface area contributed by atoms with Crippen LogP contribution in [0.3, 0.4) is 0 Å². The number of rotatable bonds is 0. The van der Waals surface area contributed by atoms with E-state index in [9.17, 15) is 4.79 Å². The highest BCUT2D eigenvalue weighted by Gasteiger charge is 2.26. The Morgan fingerprint density at radius 2 is 2.22 bits per heavy atom. The van der Waals surface area contributed by atoms with Crippen LogP contribution >= 0.6 is 0 Å². The lowest BCUT2D eigenvalue weighted by Crippen LogP contribution is -2.42. The molecule has 2 heterocycles. The van der Waals surface area contributed by atoms with Gasteiger partial charge in [-0.05, 0) is 46.6 Å². The van der Waals surface area contributed by atoms with Gasteiger partial charge in [0.1, 0.15) is 5.60 Å². The van der Waals surface area contributed by atoms with Crippen LogP contribution in [0.4, 0.5) is 10.5 Å². The molecular formula is C18H25N3O2. The number of carbonyl (C=O) groups excluding carboxylic acids is 1. The molecule has 1 aliphatic heterocycles. The number of anilines is 1. The minimum atomic E-state index is -0.475. The fourth-order valence-electron chi connectivity index (χ4n) is 2.51. The largest absolute Gasteiger partial charge is 0.444 e. The maximum absolute atomic E-state index is 12.2. The number of carbonyl (C=O) groups is 1. The van der Waals surface area contributed by atoms with Gasteiger partial charge in [-0.2, -0.15) is 0 Å². The molecular weight excluding hydrogens is 290 g/mol. The van der Waals surface area contributed by atoms with Crippen molar-refractivity contribution in [3.05, 3.63) is 23.5 Å². The zero-order valence-electron chi connectivity index (χ0n) is 14.3. The molecule has 1 aromatic heterocycles. The fourth-order valence-corrected chi connectivity index (χ4v) is 2.51. The highest BCUT2D eigenvalue weighted by Crippen LogP contribution is 2.19. The summed E-state index contributed by atoms with van der Waals surface area (Å²) in [5, 5.41) is 0. The van der Waals surface area contributed by atoms with E-state index in [1.807, 2.05) is 27.7 Å². The number of ether oxygens (including phenoxy) is 1. The maximum atomic E-state index is 12.2. The van der Waals surface area contributed by atoms with Gasteiger partial charge in [0, 0.05) is 25.2 Å². The third-order valence-corrected chi connectivity index (χ3v) is 3.65. The molecule has 5 nitrogen and oxygen atoms in total. The predicted octanol–water partition coefficient (Wildman–Crippen LogP) is 2.97. The molecule has 0 saturated carbocycles. The van der Waals surface area contributed by atoms with Gasteiger partial charge in [-0.15, -0.1) is 0 Å². The summed E-state index contributed by atoms with van der Waals surface area (Å²) in [4.78, 5) is 18.1. The number of pyridine rings is 1. The van der Waals surface area contributed by atoms with Crippen LogP contribution in [0.1, 0.15) is 44.9 Å². The first-order chi connectivity index (χ1) is 10.8. The fraction of sp³-hybridized carbons (Fsp3) is 0.556. The summed E-state index contributed by atoms with van der Waals surface area (Å²) in [5.41, 5.74) is 7.73. The number of nitrogens with two attached hydrogens (primary N) is 1. The molecule has 1 unspecified atom stereocenters. The molecule has 0 aliphatic carbocycles. The number of nitrogens with zero attached hydrogens (tertiary/aromatic N) is 2. The van der Waals surface area contributed by atoms with Crippen LogP contribution in [0.15, 0.2) is 12.3 Å². The summed E-state index contributed by atoms with van der Waals surface area (Å²) in [7, 11) is 0. The molecule has 2 rings (SSSR count). The zero-order chi connectivity index (χ0) is 17.0. The smallest absolute Gasteiger partial charge is 0.410 e. The molecule has 1 saturated heterocycles. The average molecular weight is 315 g/mol. The Labute approximate surface area is 138 Å². The van der Waals surface area contributed by atoms with Crippen LogP contribution < -0.4 is 5.73 Å². The molecule has 0 bridgehead atoms. The quantitative estimate of drug-likeness (QED) is 0.747. The Morgan fingerprint density at radius 1 is 1.48 bits per heavy atom. The van der Waals surface area contributed by atoms with E-state index < -0.39 is 5.60 Å². The summed E-state index contributed by atoms with van der Waals surface area (Å²) in [6.45, 7) is 8.84. The number of aromatic nitrogens is 1. The minimum Gasteiger partial charge on any atom is -0.444 e. The Balaban J connectivity index is 2.05. The number of nitrogen functional groups attached to an aromatic ring is 1. The van der Waals surface area contributed by atoms with Crippen molar-refractivity contribution >= 4 is 11.8 Å². The normalized spacial score (nSPS) is 18.1. The number of likely N-dealkylation sites (tertiary alicyclic amines) is 1. The van der Waals surface area contributed by atoms with Gasteiger partial charge < -0.3 is 15.4 Å². The Hall–Kier alpha value is -2.22. The van der Waals surface area contributed by atoms with Gasteiger partial charge >= 0.3 is 6.09 Å². The lowest BCUT2D eigenvalue weighted by atomic mass is 9.98. The highest BCUT2D eigenvalue weighted by molar-refractivity contribution is 5.68. The lowest BCUT2D eigenvalue weighted by Gasteiger charge is -2.32. The first-order valence-electron chi connectivity index (χ1n) is 7.97. The second-order valence-electron chi connectivity index (χ2n) is 6.90. The Morgan fingerprint density at radius 3 is 2.87 bits per heavy atom. The van der Waals surface area contributed by atoms with E-state index in [-0.39, 0.29) is 12.0 Å². The van der Waals surface area contributed by atoms with Crippen LogP contribution in [-0.4, -0.2) is 34.7 Å². The molecule has 1 amide bonds. The molecule has 124 valence electrons. The van der Waals surface area contributed by atoms with E-state index in [2.05, 4.69) is 16.8 Å². The van der Waals surface area contributed by atoms with E-state index in [1.54, 1.807) is 17.2 Å². The molecule has 1 aliphatic rings. The van der Waals surface area contributed by atoms with Gasteiger partial charge in [-0.1, -0.05) is 11.8 Å². The third kappa shape index (κ3) is 4.88. The summed E-state index contributed by atoms with van der Waals surface area (Å²) in [6, 6.07) is 1.75. The van der Waals surface area contributed by atoms with Gasteiger partial charge in [0.25, 0.3) is 0 Å². The Kier molecular flexibility index (Phi) is 5.15. The topological polar surface area (TPSA) is 68.5 Å². The van der Waals surface area contributed by atoms with Gasteiger partial charge in [0.15, 0.2) is 0 Å². The standard InChI is InChI=1S/C18H25N3O2/c1-13-15(16(19)9-10-20-13)8-7-14-6-5-11-21(12-14)17(22)23-18(2,3)4/h9-10,14H,5-6,11-12H2,1-4H3,(H2,19,20). The number of hydrogen-bond acceptors (Lipinski definition) is 4. The summed E-state index contributed by atoms with van der Waals surface area (Å²) in [6.07, 6.45) is 3.33. The van der Waals surface area contributed by atoms with Crippen molar-refractivity contribution in [2.75, 3.05) is 18.8 Å². The van der Waals surface area contributed by atoms with Gasteiger partial charge in [-0.3, -0.25) is 4.98 Å². The highest BCUT2D eigenvalue weighted by atomic mass is 16.6. The van der Waals surface area contributed by atoms with Gasteiger partial charge in [0.05, 0.1) is 16.9 Å². The minimum absolute atomic E-state index is 0.135. The molecule has 1 fully saturated rings. The van der Waals surface area contributed by atoms with E-state index in [0.29, 0.717) is 12.2 Å². The monoisotopic (exact) mass is 315 g/mol. The van der Waals surface area contributed by atoms with Crippen LogP contribution in [-0.2, 0) is 4.74 Å². The number of piperidine rings is 1. The van der Waals surface area contributed by atoms with E-state index in [1.165, 1.54) is 0 Å². The van der Waals surface area contributed by atoms with Crippen molar-refractivity contribution in [1.82, 2.24) is 9.88 Å². The molecule has 23 heavy (non-hydrogen) atoms. The maximum Gasteiger partial charge on any atom is 0.410 e. The zero-order valence-corrected chi connectivity index (χ0v) is 14.3. The summed E-state index contributed by atoms with van der Waals surface area (Å²) >= 11 is 0. The third-order valence-electron chi connectivity index (χ3n) is 3.65. The lowest BCUT2D eigenvalue weighted by molar-refractivity contribution is 0.0190. The van der Waals surface area contributed by atoms with Crippen molar-refractivity contribution in [3.63, 3.8) is 0 Å². The van der Waals surface area contributed by atoms with E-state index >= 15 is 0 Å². The summed E-state index contributed by atoms with van der Waals surface area (Å²) in [5.74, 6) is 6.52. The first kappa shape index (κ1) is 17.1. The second kappa shape index (κ2) is 6.91. The van der Waals surface area contributed by atoms with Crippen molar-refractivity contribution < 1.29 is 9.53 Å². The van der Waals surface area contributed by atoms with Crippen molar-refractivity contribution in [1.29, 1.82) is 0 Å². The number of amides is 1. The number of aryl methyl sites for hydroxylation is 1. The average Bonchev–Trinajstić information content (AvgIpc) is 2.45. The van der Waals surface area contributed by atoms with Crippen LogP contribution in [0.25, 0.3) is 0 Å². The van der Waals surface area contributed by atoms with Gasteiger partial charge in [0.2, 0.25) is 0 Å². The molecule has 5 heteroatoms. The Bertz CT molecular complexity index is 618. The molecule has 1 atom stereocenters. The SMILES string of the molecule is Cc1nccc(N)c1C#CC1CCCN(C(=O)OC(C)(C)C)C1. The number of hydrogen-bond donors (Lipinski definition) is 1. The van der Waals surface area contributed by atoms with E-state index in [4.69, 9.17) is 10.5 Å². The molecule has 0 radical (unpaired) electrons. The summed E-state index contributed by atoms with van der Waals surface area (Å²) < 4.78 is 5.44. The van der Waals surface area contributed by atoms with Crippen LogP contribution in [0.2, 0.25) is 0 Å². The van der Waals surface area contributed by atoms with E-state index in [0.717, 1.165) is 30.6 Å².